The third-order valence-electron chi connectivity index (χ3n) is 7.25. The number of benzene rings is 1. The Bertz CT molecular complexity index is 529. The minimum Gasteiger partial charge on any atom is -0.497 e. The molecule has 4 aliphatic carbocycles. The van der Waals surface area contributed by atoms with E-state index in [4.69, 9.17) is 4.74 Å². The van der Waals surface area contributed by atoms with Crippen molar-refractivity contribution >= 4 is 0 Å². The molecule has 0 aromatic heterocycles. The smallest absolute Gasteiger partial charge is 0.118 e. The average molecular weight is 328 g/mol. The molecule has 0 spiro atoms. The fourth-order valence-electron chi connectivity index (χ4n) is 6.36. The van der Waals surface area contributed by atoms with Crippen LogP contribution in [0.3, 0.4) is 0 Å². The summed E-state index contributed by atoms with van der Waals surface area (Å²) in [5, 5.41) is 0. The number of hydrogen-bond donors (Lipinski definition) is 0. The van der Waals surface area contributed by atoms with E-state index in [2.05, 4.69) is 43.0 Å². The number of ether oxygens (including phenoxy) is 1. The van der Waals surface area contributed by atoms with Crippen molar-refractivity contribution in [1.82, 2.24) is 4.90 Å². The van der Waals surface area contributed by atoms with Crippen molar-refractivity contribution in [1.29, 1.82) is 0 Å². The topological polar surface area (TPSA) is 12.5 Å². The molecule has 0 N–H and O–H groups in total. The van der Waals surface area contributed by atoms with E-state index in [1.807, 2.05) is 0 Å². The largest absolute Gasteiger partial charge is 0.497 e. The Labute approximate surface area is 147 Å². The number of rotatable bonds is 6. The van der Waals surface area contributed by atoms with Crippen molar-refractivity contribution in [3.63, 3.8) is 0 Å². The number of nitrogens with zero attached hydrogens (tertiary/aromatic N) is 1. The van der Waals surface area contributed by atoms with Crippen molar-refractivity contribution < 1.29 is 4.74 Å². The van der Waals surface area contributed by atoms with Gasteiger partial charge >= 0.3 is 0 Å². The molecule has 0 saturated heterocycles. The van der Waals surface area contributed by atoms with E-state index >= 15 is 0 Å². The molecule has 24 heavy (non-hydrogen) atoms. The third kappa shape index (κ3) is 2.87. The van der Waals surface area contributed by atoms with Crippen LogP contribution in [0, 0.1) is 17.8 Å². The molecular formula is C22H33NO. The lowest BCUT2D eigenvalue weighted by atomic mass is 9.52. The molecule has 4 aliphatic rings. The van der Waals surface area contributed by atoms with E-state index in [0.717, 1.165) is 30.0 Å². The molecule has 5 rings (SSSR count). The van der Waals surface area contributed by atoms with Crippen molar-refractivity contribution in [3.8, 4) is 5.75 Å². The molecule has 1 unspecified atom stereocenters. The summed E-state index contributed by atoms with van der Waals surface area (Å²) in [6.45, 7) is 5.90. The number of hydrogen-bond acceptors (Lipinski definition) is 2. The zero-order valence-corrected chi connectivity index (χ0v) is 15.6. The molecule has 132 valence electrons. The summed E-state index contributed by atoms with van der Waals surface area (Å²) < 4.78 is 5.33. The van der Waals surface area contributed by atoms with Gasteiger partial charge in [0.15, 0.2) is 0 Å². The van der Waals surface area contributed by atoms with Gasteiger partial charge in [-0.05, 0) is 87.3 Å². The zero-order valence-electron chi connectivity index (χ0n) is 15.6. The van der Waals surface area contributed by atoms with Crippen LogP contribution in [0.4, 0.5) is 0 Å². The quantitative estimate of drug-likeness (QED) is 0.706. The van der Waals surface area contributed by atoms with Crippen molar-refractivity contribution in [2.75, 3.05) is 7.11 Å². The maximum atomic E-state index is 5.33. The van der Waals surface area contributed by atoms with Gasteiger partial charge in [0, 0.05) is 18.1 Å². The van der Waals surface area contributed by atoms with Crippen LogP contribution in [0.15, 0.2) is 24.3 Å². The van der Waals surface area contributed by atoms with Crippen molar-refractivity contribution in [2.45, 2.75) is 76.9 Å². The van der Waals surface area contributed by atoms with E-state index in [9.17, 15) is 0 Å². The first-order valence-corrected chi connectivity index (χ1v) is 10.0. The molecule has 0 radical (unpaired) electrons. The van der Waals surface area contributed by atoms with Gasteiger partial charge in [-0.2, -0.15) is 0 Å². The second kappa shape index (κ2) is 6.37. The molecule has 1 aromatic carbocycles. The standard InChI is InChI=1S/C22H33NO/c1-4-16(2)23(15-17-5-7-21(24-3)8-6-17)22-12-18-9-19(13-22)11-20(10-18)14-22/h5-8,16,18-20H,4,9-15H2,1-3H3. The van der Waals surface area contributed by atoms with Crippen LogP contribution >= 0.6 is 0 Å². The van der Waals surface area contributed by atoms with Gasteiger partial charge in [0.25, 0.3) is 0 Å². The molecule has 4 fully saturated rings. The fourth-order valence-corrected chi connectivity index (χ4v) is 6.36. The van der Waals surface area contributed by atoms with E-state index in [1.165, 1.54) is 50.5 Å². The van der Waals surface area contributed by atoms with Gasteiger partial charge in [0.05, 0.1) is 7.11 Å². The normalized spacial score (nSPS) is 35.4. The molecule has 4 saturated carbocycles. The van der Waals surface area contributed by atoms with Gasteiger partial charge in [-0.15, -0.1) is 0 Å². The number of methoxy groups -OCH3 is 1. The maximum Gasteiger partial charge on any atom is 0.118 e. The molecule has 0 aliphatic heterocycles. The summed E-state index contributed by atoms with van der Waals surface area (Å²) in [7, 11) is 1.75. The van der Waals surface area contributed by atoms with Gasteiger partial charge in [-0.1, -0.05) is 19.1 Å². The van der Waals surface area contributed by atoms with Crippen LogP contribution in [0.2, 0.25) is 0 Å². The molecule has 2 nitrogen and oxygen atoms in total. The first kappa shape index (κ1) is 16.4. The van der Waals surface area contributed by atoms with Crippen LogP contribution in [0.5, 0.6) is 5.75 Å². The zero-order chi connectivity index (χ0) is 16.7. The van der Waals surface area contributed by atoms with Crippen molar-refractivity contribution in [3.05, 3.63) is 29.8 Å². The van der Waals surface area contributed by atoms with Gasteiger partial charge in [0.2, 0.25) is 0 Å². The highest BCUT2D eigenvalue weighted by molar-refractivity contribution is 5.27. The van der Waals surface area contributed by atoms with Crippen LogP contribution in [-0.2, 0) is 6.54 Å². The van der Waals surface area contributed by atoms with E-state index in [0.29, 0.717) is 11.6 Å². The Hall–Kier alpha value is -1.02. The van der Waals surface area contributed by atoms with Gasteiger partial charge in [-0.3, -0.25) is 4.90 Å². The average Bonchev–Trinajstić information content (AvgIpc) is 2.58. The van der Waals surface area contributed by atoms with E-state index < -0.39 is 0 Å². The predicted octanol–water partition coefficient (Wildman–Crippen LogP) is 5.26. The Morgan fingerprint density at radius 2 is 1.58 bits per heavy atom. The Kier molecular flexibility index (Phi) is 4.36. The Morgan fingerprint density at radius 3 is 2.04 bits per heavy atom. The maximum absolute atomic E-state index is 5.33. The molecule has 0 amide bonds. The van der Waals surface area contributed by atoms with Gasteiger partial charge < -0.3 is 4.74 Å². The predicted molar refractivity (Wildman–Crippen MR) is 99.2 cm³/mol. The molecule has 1 atom stereocenters. The lowest BCUT2D eigenvalue weighted by Gasteiger charge is -2.62. The minimum absolute atomic E-state index is 0.490. The highest BCUT2D eigenvalue weighted by atomic mass is 16.5. The highest BCUT2D eigenvalue weighted by Gasteiger charge is 2.53. The second-order valence-corrected chi connectivity index (χ2v) is 8.88. The first-order chi connectivity index (χ1) is 11.6. The summed E-state index contributed by atoms with van der Waals surface area (Å²) in [6.07, 6.45) is 10.2. The lowest BCUT2D eigenvalue weighted by molar-refractivity contribution is -0.107. The highest BCUT2D eigenvalue weighted by Crippen LogP contribution is 2.58. The van der Waals surface area contributed by atoms with Crippen LogP contribution < -0.4 is 4.74 Å². The SMILES string of the molecule is CCC(C)N(Cc1ccc(OC)cc1)C12CC3CC(CC(C3)C1)C2. The van der Waals surface area contributed by atoms with Gasteiger partial charge in [-0.25, -0.2) is 0 Å². The fraction of sp³-hybridized carbons (Fsp3) is 0.727. The van der Waals surface area contributed by atoms with Gasteiger partial charge in [0.1, 0.15) is 5.75 Å². The molecule has 1 aromatic rings. The Morgan fingerprint density at radius 1 is 1.04 bits per heavy atom. The lowest BCUT2D eigenvalue weighted by Crippen LogP contribution is -2.61. The summed E-state index contributed by atoms with van der Waals surface area (Å²) in [5.41, 5.74) is 1.93. The van der Waals surface area contributed by atoms with E-state index in [1.54, 1.807) is 7.11 Å². The van der Waals surface area contributed by atoms with Crippen LogP contribution in [-0.4, -0.2) is 23.6 Å². The summed E-state index contributed by atoms with van der Waals surface area (Å²) in [6, 6.07) is 9.42. The second-order valence-electron chi connectivity index (χ2n) is 8.88. The summed E-state index contributed by atoms with van der Waals surface area (Å²) in [4.78, 5) is 2.90. The Balaban J connectivity index is 1.59. The molecule has 4 bridgehead atoms. The molecular weight excluding hydrogens is 294 g/mol. The monoisotopic (exact) mass is 327 g/mol. The third-order valence-corrected chi connectivity index (χ3v) is 7.25. The molecule has 0 heterocycles. The minimum atomic E-state index is 0.490. The van der Waals surface area contributed by atoms with E-state index in [-0.39, 0.29) is 0 Å². The van der Waals surface area contributed by atoms with Crippen LogP contribution in [0.25, 0.3) is 0 Å². The first-order valence-electron chi connectivity index (χ1n) is 10.0. The summed E-state index contributed by atoms with van der Waals surface area (Å²) >= 11 is 0. The van der Waals surface area contributed by atoms with Crippen LogP contribution in [0.1, 0.15) is 64.4 Å². The summed E-state index contributed by atoms with van der Waals surface area (Å²) in [5.74, 6) is 4.00. The van der Waals surface area contributed by atoms with Crippen molar-refractivity contribution in [2.24, 2.45) is 17.8 Å². The molecule has 2 heteroatoms.